The minimum atomic E-state index is 0.0821. The Morgan fingerprint density at radius 3 is 2.45 bits per heavy atom. The van der Waals surface area contributed by atoms with Gasteiger partial charge in [0.05, 0.1) is 0 Å². The molecule has 0 N–H and O–H groups in total. The van der Waals surface area contributed by atoms with Crippen LogP contribution in [-0.4, -0.2) is 0 Å². The Bertz CT molecular complexity index is 289. The van der Waals surface area contributed by atoms with Crippen molar-refractivity contribution in [3.8, 4) is 0 Å². The molecule has 0 spiro atoms. The summed E-state index contributed by atoms with van der Waals surface area (Å²) in [6, 6.07) is 8.91. The quantitative estimate of drug-likeness (QED) is 0.596. The van der Waals surface area contributed by atoms with Crippen LogP contribution in [0.4, 0.5) is 0 Å². The smallest absolute Gasteiger partial charge is 0.178 e. The molecule has 0 aliphatic rings. The largest absolute Gasteiger partial charge is 0.290 e. The van der Waals surface area contributed by atoms with Crippen molar-refractivity contribution < 1.29 is 0 Å². The van der Waals surface area contributed by atoms with E-state index < -0.39 is 0 Å². The summed E-state index contributed by atoms with van der Waals surface area (Å²) in [7, 11) is 0. The Morgan fingerprint density at radius 2 is 1.82 bits per heavy atom. The first-order valence-electron chi connectivity index (χ1n) is 3.80. The lowest BCUT2D eigenvalue weighted by atomic mass is 10.1. The molecule has 1 nitrogen and oxygen atoms in total. The van der Waals surface area contributed by atoms with Gasteiger partial charge < -0.3 is 0 Å². The fraction of sp³-hybridized carbons (Fsp3) is 0.300. The van der Waals surface area contributed by atoms with Crippen LogP contribution in [0.25, 0.3) is 0 Å². The maximum atomic E-state index is 11.0. The first kappa shape index (κ1) is 7.99. The van der Waals surface area contributed by atoms with Crippen LogP contribution in [0.2, 0.25) is 0 Å². The van der Waals surface area contributed by atoms with Gasteiger partial charge in [0.25, 0.3) is 0 Å². The average molecular weight is 148 g/mol. The molecular formula is C10H12O. The molecule has 1 aromatic carbocycles. The molecule has 11 heavy (non-hydrogen) atoms. The van der Waals surface area contributed by atoms with E-state index in [-0.39, 0.29) is 5.43 Å². The lowest BCUT2D eigenvalue weighted by Crippen LogP contribution is -1.94. The summed E-state index contributed by atoms with van der Waals surface area (Å²) < 4.78 is 0. The molecule has 0 saturated carbocycles. The highest BCUT2D eigenvalue weighted by molar-refractivity contribution is 5.16. The van der Waals surface area contributed by atoms with Gasteiger partial charge in [0.15, 0.2) is 5.43 Å². The van der Waals surface area contributed by atoms with E-state index in [1.165, 1.54) is 0 Å². The molecule has 0 unspecified atom stereocenters. The molecule has 58 valence electrons. The minimum Gasteiger partial charge on any atom is -0.290 e. The summed E-state index contributed by atoms with van der Waals surface area (Å²) in [4.78, 5) is 11.0. The third-order valence-electron chi connectivity index (χ3n) is 1.64. The van der Waals surface area contributed by atoms with Crippen molar-refractivity contribution in [3.63, 3.8) is 0 Å². The van der Waals surface area contributed by atoms with Crippen LogP contribution in [0.3, 0.4) is 0 Å². The topological polar surface area (TPSA) is 17.1 Å². The van der Waals surface area contributed by atoms with Crippen molar-refractivity contribution in [1.82, 2.24) is 0 Å². The van der Waals surface area contributed by atoms with E-state index >= 15 is 0 Å². The van der Waals surface area contributed by atoms with Crippen molar-refractivity contribution in [2.45, 2.75) is 19.8 Å². The second-order valence-corrected chi connectivity index (χ2v) is 2.92. The Morgan fingerprint density at radius 1 is 1.18 bits per heavy atom. The Labute approximate surface area is 66.7 Å². The SMILES string of the molecule is CC(C)c1ccccc(=O)c1. The lowest BCUT2D eigenvalue weighted by molar-refractivity contribution is 0.867. The molecule has 0 aliphatic heterocycles. The zero-order chi connectivity index (χ0) is 8.27. The van der Waals surface area contributed by atoms with Gasteiger partial charge in [0, 0.05) is 0 Å². The molecule has 0 saturated heterocycles. The lowest BCUT2D eigenvalue weighted by Gasteiger charge is -1.98. The summed E-state index contributed by atoms with van der Waals surface area (Å²) >= 11 is 0. The van der Waals surface area contributed by atoms with Crippen LogP contribution >= 0.6 is 0 Å². The molecule has 0 aliphatic carbocycles. The van der Waals surface area contributed by atoms with Gasteiger partial charge >= 0.3 is 0 Å². The third kappa shape index (κ3) is 2.19. The van der Waals surface area contributed by atoms with Gasteiger partial charge in [-0.2, -0.15) is 0 Å². The average Bonchev–Trinajstić information content (AvgIpc) is 2.13. The van der Waals surface area contributed by atoms with Crippen LogP contribution in [0.1, 0.15) is 25.3 Å². The van der Waals surface area contributed by atoms with E-state index in [0.717, 1.165) is 5.56 Å². The summed E-state index contributed by atoms with van der Waals surface area (Å²) in [6.07, 6.45) is 0. The predicted octanol–water partition coefficient (Wildman–Crippen LogP) is 2.17. The molecule has 0 bridgehead atoms. The van der Waals surface area contributed by atoms with Crippen molar-refractivity contribution in [2.24, 2.45) is 0 Å². The Balaban J connectivity index is 3.22. The van der Waals surface area contributed by atoms with E-state index in [1.54, 1.807) is 18.2 Å². The zero-order valence-electron chi connectivity index (χ0n) is 6.87. The van der Waals surface area contributed by atoms with Gasteiger partial charge in [-0.3, -0.25) is 4.79 Å². The fourth-order valence-electron chi connectivity index (χ4n) is 0.937. The van der Waals surface area contributed by atoms with Gasteiger partial charge in [0.1, 0.15) is 0 Å². The highest BCUT2D eigenvalue weighted by atomic mass is 16.1. The Kier molecular flexibility index (Phi) is 2.42. The second kappa shape index (κ2) is 3.33. The molecule has 0 radical (unpaired) electrons. The van der Waals surface area contributed by atoms with Gasteiger partial charge in [-0.25, -0.2) is 0 Å². The van der Waals surface area contributed by atoms with Crippen molar-refractivity contribution in [2.75, 3.05) is 0 Å². The number of hydrogen-bond acceptors (Lipinski definition) is 1. The summed E-state index contributed by atoms with van der Waals surface area (Å²) in [5.41, 5.74) is 1.18. The molecule has 0 atom stereocenters. The molecule has 0 amide bonds. The highest BCUT2D eigenvalue weighted by Crippen LogP contribution is 2.09. The van der Waals surface area contributed by atoms with Crippen molar-refractivity contribution in [3.05, 3.63) is 46.1 Å². The normalized spacial score (nSPS) is 10.1. The summed E-state index contributed by atoms with van der Waals surface area (Å²) in [6.45, 7) is 4.16. The van der Waals surface area contributed by atoms with E-state index in [1.807, 2.05) is 12.1 Å². The van der Waals surface area contributed by atoms with Gasteiger partial charge in [-0.15, -0.1) is 0 Å². The number of rotatable bonds is 1. The Hall–Kier alpha value is -1.11. The molecule has 0 aromatic heterocycles. The van der Waals surface area contributed by atoms with Crippen LogP contribution in [0.5, 0.6) is 0 Å². The van der Waals surface area contributed by atoms with Crippen LogP contribution < -0.4 is 5.43 Å². The summed E-state index contributed by atoms with van der Waals surface area (Å²) in [5.74, 6) is 0.426. The van der Waals surface area contributed by atoms with Gasteiger partial charge in [0.2, 0.25) is 0 Å². The van der Waals surface area contributed by atoms with E-state index in [9.17, 15) is 4.79 Å². The highest BCUT2D eigenvalue weighted by Gasteiger charge is 1.95. The number of hydrogen-bond donors (Lipinski definition) is 0. The monoisotopic (exact) mass is 148 g/mol. The van der Waals surface area contributed by atoms with Crippen molar-refractivity contribution in [1.29, 1.82) is 0 Å². The molecule has 1 aromatic rings. The molecular weight excluding hydrogens is 136 g/mol. The zero-order valence-corrected chi connectivity index (χ0v) is 6.87. The standard InChI is InChI=1S/C10H12O/c1-8(2)9-5-3-4-6-10(11)7-9/h3-8H,1-2H3. The van der Waals surface area contributed by atoms with E-state index in [0.29, 0.717) is 5.92 Å². The summed E-state index contributed by atoms with van der Waals surface area (Å²) in [5, 5.41) is 0. The van der Waals surface area contributed by atoms with Crippen molar-refractivity contribution >= 4 is 0 Å². The van der Waals surface area contributed by atoms with E-state index in [2.05, 4.69) is 13.8 Å². The van der Waals surface area contributed by atoms with E-state index in [4.69, 9.17) is 0 Å². The third-order valence-corrected chi connectivity index (χ3v) is 1.64. The van der Waals surface area contributed by atoms with Crippen LogP contribution in [0, 0.1) is 0 Å². The maximum absolute atomic E-state index is 11.0. The molecule has 1 rings (SSSR count). The first-order chi connectivity index (χ1) is 5.20. The van der Waals surface area contributed by atoms with Gasteiger partial charge in [-0.1, -0.05) is 32.0 Å². The van der Waals surface area contributed by atoms with Crippen LogP contribution in [-0.2, 0) is 0 Å². The molecule has 1 heteroatoms. The maximum Gasteiger partial charge on any atom is 0.178 e. The first-order valence-corrected chi connectivity index (χ1v) is 3.80. The minimum absolute atomic E-state index is 0.0821. The van der Waals surface area contributed by atoms with Crippen LogP contribution in [0.15, 0.2) is 35.1 Å². The molecule has 0 fully saturated rings. The van der Waals surface area contributed by atoms with Gasteiger partial charge in [-0.05, 0) is 23.6 Å². The molecule has 0 heterocycles. The fourth-order valence-corrected chi connectivity index (χ4v) is 0.937. The second-order valence-electron chi connectivity index (χ2n) is 2.92. The predicted molar refractivity (Wildman–Crippen MR) is 46.8 cm³/mol.